The zero-order chi connectivity index (χ0) is 24.3. The van der Waals surface area contributed by atoms with Crippen LogP contribution in [0.15, 0.2) is 47.8 Å². The number of nitrogens with zero attached hydrogens (tertiary/aromatic N) is 4. The van der Waals surface area contributed by atoms with Gasteiger partial charge in [-0.15, -0.1) is 0 Å². The van der Waals surface area contributed by atoms with E-state index in [1.807, 2.05) is 33.8 Å². The van der Waals surface area contributed by atoms with Gasteiger partial charge in [-0.25, -0.2) is 27.9 Å². The number of urea groups is 1. The van der Waals surface area contributed by atoms with Crippen LogP contribution in [-0.4, -0.2) is 25.0 Å². The number of nitriles is 1. The number of aromatic nitrogens is 3. The lowest BCUT2D eigenvalue weighted by Crippen LogP contribution is -2.34. The first-order chi connectivity index (χ1) is 15.5. The van der Waals surface area contributed by atoms with Crippen molar-refractivity contribution in [3.63, 3.8) is 0 Å². The first kappa shape index (κ1) is 23.9. The molecule has 0 bridgehead atoms. The number of amides is 2. The minimum Gasteiger partial charge on any atom is -0.306 e. The maximum atomic E-state index is 14.4. The van der Waals surface area contributed by atoms with E-state index in [0.29, 0.717) is 16.7 Å². The molecule has 0 aliphatic rings. The summed E-state index contributed by atoms with van der Waals surface area (Å²) in [5.41, 5.74) is 1.71. The van der Waals surface area contributed by atoms with Gasteiger partial charge in [0.05, 0.1) is 5.69 Å². The van der Waals surface area contributed by atoms with Crippen molar-refractivity contribution in [3.05, 3.63) is 59.8 Å². The van der Waals surface area contributed by atoms with Crippen LogP contribution in [0.3, 0.4) is 0 Å². The molecule has 1 atom stereocenters. The van der Waals surface area contributed by atoms with E-state index in [1.54, 1.807) is 12.3 Å². The number of pyridine rings is 1. The van der Waals surface area contributed by atoms with Gasteiger partial charge in [-0.3, -0.25) is 4.68 Å². The summed E-state index contributed by atoms with van der Waals surface area (Å²) < 4.78 is 39.1. The van der Waals surface area contributed by atoms with Crippen LogP contribution in [0.2, 0.25) is 0 Å². The summed E-state index contributed by atoms with van der Waals surface area (Å²) in [7, 11) is -3.74. The van der Waals surface area contributed by atoms with E-state index in [9.17, 15) is 13.4 Å². The topological polar surface area (TPSA) is 137 Å². The zero-order valence-corrected chi connectivity index (χ0v) is 19.4. The molecule has 2 heterocycles. The van der Waals surface area contributed by atoms with Crippen molar-refractivity contribution in [3.8, 4) is 17.2 Å². The summed E-state index contributed by atoms with van der Waals surface area (Å²) >= 11 is 0. The number of carbonyl (C=O) groups excluding carboxylic acids is 1. The van der Waals surface area contributed by atoms with Gasteiger partial charge in [0, 0.05) is 24.0 Å². The number of nitrogens with one attached hydrogen (secondary N) is 3. The van der Waals surface area contributed by atoms with Crippen LogP contribution in [0.4, 0.5) is 14.9 Å². The Morgan fingerprint density at radius 3 is 2.58 bits per heavy atom. The summed E-state index contributed by atoms with van der Waals surface area (Å²) in [6.07, 6.45) is 3.00. The van der Waals surface area contributed by atoms with E-state index in [-0.39, 0.29) is 28.4 Å². The van der Waals surface area contributed by atoms with Crippen molar-refractivity contribution < 1.29 is 13.4 Å². The second kappa shape index (κ2) is 9.38. The molecule has 0 aliphatic heterocycles. The smallest absolute Gasteiger partial charge is 0.306 e. The van der Waals surface area contributed by atoms with Gasteiger partial charge in [0.25, 0.3) is 0 Å². The molecule has 33 heavy (non-hydrogen) atoms. The van der Waals surface area contributed by atoms with Crippen molar-refractivity contribution in [2.45, 2.75) is 44.7 Å². The average Bonchev–Trinajstić information content (AvgIpc) is 3.26. The number of rotatable bonds is 6. The molecule has 2 amide bonds. The van der Waals surface area contributed by atoms with Crippen LogP contribution in [-0.2, 0) is 9.92 Å². The van der Waals surface area contributed by atoms with Crippen molar-refractivity contribution >= 4 is 21.6 Å². The maximum absolute atomic E-state index is 14.4. The second-order valence-electron chi connectivity index (χ2n) is 7.95. The number of benzene rings is 1. The molecule has 11 heteroatoms. The molecule has 0 saturated carbocycles. The van der Waals surface area contributed by atoms with Crippen molar-refractivity contribution in [1.29, 1.82) is 10.0 Å². The third-order valence-electron chi connectivity index (χ3n) is 4.82. The van der Waals surface area contributed by atoms with E-state index in [2.05, 4.69) is 20.1 Å². The summed E-state index contributed by atoms with van der Waals surface area (Å²) in [4.78, 5) is 16.7. The molecular formula is C22H24FN7O2S. The lowest BCUT2D eigenvalue weighted by atomic mass is 9.94. The van der Waals surface area contributed by atoms with E-state index >= 15 is 0 Å². The molecule has 172 valence electrons. The van der Waals surface area contributed by atoms with Gasteiger partial charge in [0.15, 0.2) is 14.9 Å². The highest BCUT2D eigenvalue weighted by atomic mass is 32.2. The molecule has 0 radical (unpaired) electrons. The molecule has 2 aromatic heterocycles. The monoisotopic (exact) mass is 469 g/mol. The predicted octanol–water partition coefficient (Wildman–Crippen LogP) is 4.80. The fraction of sp³-hybridized carbons (Fsp3) is 0.273. The first-order valence-electron chi connectivity index (χ1n) is 10.1. The van der Waals surface area contributed by atoms with E-state index in [0.717, 1.165) is 0 Å². The molecule has 3 rings (SSSR count). The first-order valence-corrected chi connectivity index (χ1v) is 11.7. The van der Waals surface area contributed by atoms with Crippen LogP contribution in [0, 0.1) is 21.9 Å². The highest BCUT2D eigenvalue weighted by molar-refractivity contribution is 7.91. The Labute approximate surface area is 191 Å². The van der Waals surface area contributed by atoms with Crippen LogP contribution >= 0.6 is 0 Å². The van der Waals surface area contributed by atoms with Crippen LogP contribution in [0.5, 0.6) is 0 Å². The third kappa shape index (κ3) is 5.35. The van der Waals surface area contributed by atoms with Gasteiger partial charge in [-0.2, -0.15) is 10.4 Å². The maximum Gasteiger partial charge on any atom is 0.332 e. The minimum atomic E-state index is -3.74. The molecule has 3 aromatic rings. The second-order valence-corrected chi connectivity index (χ2v) is 9.69. The quantitative estimate of drug-likeness (QED) is 0.476. The highest BCUT2D eigenvalue weighted by Crippen LogP contribution is 2.36. The Kier molecular flexibility index (Phi) is 6.78. The summed E-state index contributed by atoms with van der Waals surface area (Å²) in [5.74, 6) is -0.687. The highest BCUT2D eigenvalue weighted by Gasteiger charge is 2.22. The van der Waals surface area contributed by atoms with Gasteiger partial charge in [0.1, 0.15) is 17.6 Å². The molecule has 3 N–H and O–H groups in total. The fourth-order valence-corrected chi connectivity index (χ4v) is 4.07. The van der Waals surface area contributed by atoms with Crippen LogP contribution in [0.25, 0.3) is 11.1 Å². The number of hydrogen-bond donors (Lipinski definition) is 3. The van der Waals surface area contributed by atoms with E-state index in [4.69, 9.17) is 10.0 Å². The molecule has 0 aliphatic carbocycles. The van der Waals surface area contributed by atoms with Gasteiger partial charge in [0.2, 0.25) is 0 Å². The third-order valence-corrected chi connectivity index (χ3v) is 6.10. The Balaban J connectivity index is 1.99. The zero-order valence-electron chi connectivity index (χ0n) is 18.6. The van der Waals surface area contributed by atoms with Gasteiger partial charge >= 0.3 is 6.03 Å². The summed E-state index contributed by atoms with van der Waals surface area (Å²) in [6, 6.07) is 8.05. The Hall–Kier alpha value is -3.78. The van der Waals surface area contributed by atoms with Crippen molar-refractivity contribution in [2.24, 2.45) is 0 Å². The van der Waals surface area contributed by atoms with Crippen LogP contribution < -0.4 is 10.0 Å². The number of carbonyl (C=O) groups is 1. The number of anilines is 1. The molecule has 0 fully saturated rings. The predicted molar refractivity (Wildman–Crippen MR) is 122 cm³/mol. The number of hydrogen-bond acceptors (Lipinski definition) is 6. The van der Waals surface area contributed by atoms with Gasteiger partial charge in [-0.05, 0) is 61.2 Å². The lowest BCUT2D eigenvalue weighted by Gasteiger charge is -2.19. The Bertz CT molecular complexity index is 1340. The summed E-state index contributed by atoms with van der Waals surface area (Å²) in [5, 5.41) is 15.8. The Morgan fingerprint density at radius 2 is 1.97 bits per heavy atom. The molecule has 9 nitrogen and oxygen atoms in total. The molecular weight excluding hydrogens is 445 g/mol. The SMILES string of the molecule is CC(C)c1cc(F)cc(-c2ccnc(C#N)c2)c1NC(=O)NS(=N)(=O)c1ccn(C(C)C)n1. The molecule has 1 aromatic carbocycles. The fourth-order valence-electron chi connectivity index (χ4n) is 3.19. The van der Waals surface area contributed by atoms with Crippen LogP contribution in [0.1, 0.15) is 50.9 Å². The summed E-state index contributed by atoms with van der Waals surface area (Å²) in [6.45, 7) is 7.42. The van der Waals surface area contributed by atoms with Gasteiger partial charge in [-0.1, -0.05) is 13.8 Å². The lowest BCUT2D eigenvalue weighted by molar-refractivity contribution is 0.256. The minimum absolute atomic E-state index is 0.00295. The molecule has 0 saturated heterocycles. The van der Waals surface area contributed by atoms with Crippen molar-refractivity contribution in [2.75, 3.05) is 5.32 Å². The van der Waals surface area contributed by atoms with Crippen molar-refractivity contribution in [1.82, 2.24) is 19.5 Å². The largest absolute Gasteiger partial charge is 0.332 e. The van der Waals surface area contributed by atoms with E-state index in [1.165, 1.54) is 35.1 Å². The average molecular weight is 470 g/mol. The Morgan fingerprint density at radius 1 is 1.24 bits per heavy atom. The molecule has 0 spiro atoms. The van der Waals surface area contributed by atoms with E-state index < -0.39 is 21.8 Å². The van der Waals surface area contributed by atoms with Gasteiger partial charge < -0.3 is 5.32 Å². The molecule has 1 unspecified atom stereocenters. The normalized spacial score (nSPS) is 12.9. The standard InChI is InChI=1S/C22H24FN7O2S/c1-13(2)18-10-16(23)11-19(15-5-7-26-17(9-15)12-24)21(18)27-22(31)29-33(25,32)20-6-8-30(28-20)14(3)4/h5-11,13-14H,1-4H3,(H3,25,27,29,31,32). The number of halogens is 1.